The molecule has 114 valence electrons. The van der Waals surface area contributed by atoms with Crippen LogP contribution in [0.25, 0.3) is 0 Å². The lowest BCUT2D eigenvalue weighted by molar-refractivity contribution is 0.0725. The van der Waals surface area contributed by atoms with Gasteiger partial charge in [-0.1, -0.05) is 18.2 Å². The van der Waals surface area contributed by atoms with Gasteiger partial charge in [0.1, 0.15) is 23.0 Å². The van der Waals surface area contributed by atoms with Crippen molar-refractivity contribution in [1.29, 1.82) is 0 Å². The zero-order valence-corrected chi connectivity index (χ0v) is 11.7. The molecule has 1 heterocycles. The van der Waals surface area contributed by atoms with Gasteiger partial charge < -0.3 is 4.90 Å². The van der Waals surface area contributed by atoms with Crippen LogP contribution in [0.1, 0.15) is 34.8 Å². The van der Waals surface area contributed by atoms with E-state index in [0.29, 0.717) is 24.9 Å². The number of carbonyl (C=O) groups excluding carboxylic acids is 1. The van der Waals surface area contributed by atoms with Gasteiger partial charge in [0, 0.05) is 6.54 Å². The smallest absolute Gasteiger partial charge is 0.260 e. The Hall–Kier alpha value is -2.30. The van der Waals surface area contributed by atoms with Gasteiger partial charge in [-0.2, -0.15) is 0 Å². The summed E-state index contributed by atoms with van der Waals surface area (Å²) < 4.78 is 41.0. The molecule has 2 nitrogen and oxygen atoms in total. The van der Waals surface area contributed by atoms with Crippen LogP contribution < -0.4 is 0 Å². The van der Waals surface area contributed by atoms with E-state index in [1.165, 1.54) is 23.1 Å². The van der Waals surface area contributed by atoms with E-state index in [1.807, 2.05) is 0 Å². The Morgan fingerprint density at radius 3 is 2.41 bits per heavy atom. The highest BCUT2D eigenvalue weighted by Crippen LogP contribution is 2.34. The van der Waals surface area contributed by atoms with Gasteiger partial charge in [0.25, 0.3) is 5.91 Å². The van der Waals surface area contributed by atoms with Crippen molar-refractivity contribution in [2.24, 2.45) is 0 Å². The van der Waals surface area contributed by atoms with Gasteiger partial charge in [-0.15, -0.1) is 0 Å². The van der Waals surface area contributed by atoms with Gasteiger partial charge >= 0.3 is 0 Å². The third-order valence-corrected chi connectivity index (χ3v) is 3.92. The number of nitrogens with zero attached hydrogens (tertiary/aromatic N) is 1. The number of hydrogen-bond donors (Lipinski definition) is 0. The molecule has 0 saturated carbocycles. The lowest BCUT2D eigenvalue weighted by Gasteiger charge is -2.25. The summed E-state index contributed by atoms with van der Waals surface area (Å²) in [5.74, 6) is -2.85. The van der Waals surface area contributed by atoms with E-state index in [-0.39, 0.29) is 6.04 Å². The largest absolute Gasteiger partial charge is 0.331 e. The van der Waals surface area contributed by atoms with E-state index in [0.717, 1.165) is 12.1 Å². The second-order valence-corrected chi connectivity index (χ2v) is 5.31. The first kappa shape index (κ1) is 14.6. The number of carbonyl (C=O) groups is 1. The van der Waals surface area contributed by atoms with Crippen molar-refractivity contribution < 1.29 is 18.0 Å². The highest BCUT2D eigenvalue weighted by molar-refractivity contribution is 5.95. The fourth-order valence-electron chi connectivity index (χ4n) is 2.92. The minimum Gasteiger partial charge on any atom is -0.331 e. The van der Waals surface area contributed by atoms with Crippen LogP contribution >= 0.6 is 0 Å². The summed E-state index contributed by atoms with van der Waals surface area (Å²) in [7, 11) is 0. The molecular formula is C17H14F3NO. The van der Waals surface area contributed by atoms with Crippen molar-refractivity contribution in [3.05, 3.63) is 71.0 Å². The van der Waals surface area contributed by atoms with Crippen LogP contribution in [0.15, 0.2) is 42.5 Å². The Kier molecular flexibility index (Phi) is 3.88. The second-order valence-electron chi connectivity index (χ2n) is 5.31. The first-order valence-electron chi connectivity index (χ1n) is 7.08. The monoisotopic (exact) mass is 305 g/mol. The minimum atomic E-state index is -0.880. The van der Waals surface area contributed by atoms with Gasteiger partial charge in [-0.3, -0.25) is 4.79 Å². The van der Waals surface area contributed by atoms with E-state index in [1.54, 1.807) is 12.1 Å². The summed E-state index contributed by atoms with van der Waals surface area (Å²) in [5.41, 5.74) is 0.0911. The van der Waals surface area contributed by atoms with Crippen LogP contribution in [0.2, 0.25) is 0 Å². The molecule has 2 aromatic carbocycles. The van der Waals surface area contributed by atoms with Gasteiger partial charge in [0.2, 0.25) is 0 Å². The minimum absolute atomic E-state index is 0.359. The number of amides is 1. The van der Waals surface area contributed by atoms with Crippen LogP contribution in [0.4, 0.5) is 13.2 Å². The number of halogens is 3. The molecule has 0 radical (unpaired) electrons. The Balaban J connectivity index is 1.95. The van der Waals surface area contributed by atoms with Crippen molar-refractivity contribution in [1.82, 2.24) is 4.90 Å². The van der Waals surface area contributed by atoms with Crippen molar-refractivity contribution in [3.63, 3.8) is 0 Å². The van der Waals surface area contributed by atoms with Gasteiger partial charge in [-0.25, -0.2) is 13.2 Å². The van der Waals surface area contributed by atoms with E-state index in [9.17, 15) is 18.0 Å². The van der Waals surface area contributed by atoms with Gasteiger partial charge in [-0.05, 0) is 42.7 Å². The van der Waals surface area contributed by atoms with Crippen molar-refractivity contribution in [2.75, 3.05) is 6.54 Å². The van der Waals surface area contributed by atoms with E-state index in [2.05, 4.69) is 0 Å². The molecule has 1 aliphatic heterocycles. The molecule has 3 rings (SSSR count). The quantitative estimate of drug-likeness (QED) is 0.818. The van der Waals surface area contributed by atoms with E-state index < -0.39 is 28.9 Å². The van der Waals surface area contributed by atoms with Crippen LogP contribution in [-0.4, -0.2) is 17.4 Å². The molecule has 0 aliphatic carbocycles. The molecule has 1 amide bonds. The average Bonchev–Trinajstić information content (AvgIpc) is 2.96. The number of rotatable bonds is 2. The number of hydrogen-bond acceptors (Lipinski definition) is 1. The molecule has 22 heavy (non-hydrogen) atoms. The first-order chi connectivity index (χ1) is 10.6. The number of likely N-dealkylation sites (tertiary alicyclic amines) is 1. The zero-order valence-electron chi connectivity index (χ0n) is 11.7. The first-order valence-corrected chi connectivity index (χ1v) is 7.08. The third kappa shape index (κ3) is 2.58. The predicted octanol–water partition coefficient (Wildman–Crippen LogP) is 4.08. The normalized spacial score (nSPS) is 17.8. The molecule has 0 N–H and O–H groups in total. The lowest BCUT2D eigenvalue weighted by Crippen LogP contribution is -2.32. The predicted molar refractivity (Wildman–Crippen MR) is 75.8 cm³/mol. The summed E-state index contributed by atoms with van der Waals surface area (Å²) in [5, 5.41) is 0. The maximum absolute atomic E-state index is 13.8. The van der Waals surface area contributed by atoms with Crippen LogP contribution in [-0.2, 0) is 0 Å². The maximum Gasteiger partial charge on any atom is 0.260 e. The molecule has 2 aromatic rings. The fourth-order valence-corrected chi connectivity index (χ4v) is 2.92. The van der Waals surface area contributed by atoms with Gasteiger partial charge in [0.05, 0.1) is 6.04 Å². The van der Waals surface area contributed by atoms with Crippen molar-refractivity contribution in [2.45, 2.75) is 18.9 Å². The molecule has 0 spiro atoms. The number of benzene rings is 2. The van der Waals surface area contributed by atoms with Crippen LogP contribution in [0.3, 0.4) is 0 Å². The Morgan fingerprint density at radius 2 is 1.73 bits per heavy atom. The molecular weight excluding hydrogens is 291 g/mol. The molecule has 1 saturated heterocycles. The van der Waals surface area contributed by atoms with E-state index >= 15 is 0 Å². The maximum atomic E-state index is 13.8. The summed E-state index contributed by atoms with van der Waals surface area (Å²) in [6, 6.07) is 8.94. The lowest BCUT2D eigenvalue weighted by atomic mass is 10.0. The topological polar surface area (TPSA) is 20.3 Å². The molecule has 0 unspecified atom stereocenters. The summed E-state index contributed by atoms with van der Waals surface area (Å²) in [6.45, 7) is 0.397. The molecule has 1 atom stereocenters. The average molecular weight is 305 g/mol. The molecule has 1 aliphatic rings. The highest BCUT2D eigenvalue weighted by Gasteiger charge is 2.33. The molecule has 0 bridgehead atoms. The summed E-state index contributed by atoms with van der Waals surface area (Å²) >= 11 is 0. The SMILES string of the molecule is O=C(c1c(F)cccc1F)N1CCC[C@H]1c1cccc(F)c1. The molecule has 5 heteroatoms. The van der Waals surface area contributed by atoms with Crippen molar-refractivity contribution in [3.8, 4) is 0 Å². The van der Waals surface area contributed by atoms with Crippen molar-refractivity contribution >= 4 is 5.91 Å². The molecule has 1 fully saturated rings. The highest BCUT2D eigenvalue weighted by atomic mass is 19.1. The summed E-state index contributed by atoms with van der Waals surface area (Å²) in [4.78, 5) is 13.9. The second kappa shape index (κ2) is 5.83. The van der Waals surface area contributed by atoms with Crippen LogP contribution in [0, 0.1) is 17.5 Å². The molecule has 0 aromatic heterocycles. The Morgan fingerprint density at radius 1 is 1.05 bits per heavy atom. The Labute approximate surface area is 126 Å². The standard InChI is InChI=1S/C17H14F3NO/c18-12-5-1-4-11(10-12)15-8-3-9-21(15)17(22)16-13(19)6-2-7-14(16)20/h1-2,4-7,10,15H,3,8-9H2/t15-/m0/s1. The fraction of sp³-hybridized carbons (Fsp3) is 0.235. The third-order valence-electron chi connectivity index (χ3n) is 3.92. The summed E-state index contributed by atoms with van der Waals surface area (Å²) in [6.07, 6.45) is 1.36. The Bertz CT molecular complexity index is 697. The van der Waals surface area contributed by atoms with Gasteiger partial charge in [0.15, 0.2) is 0 Å². The zero-order chi connectivity index (χ0) is 15.7. The van der Waals surface area contributed by atoms with E-state index in [4.69, 9.17) is 0 Å². The van der Waals surface area contributed by atoms with Crippen LogP contribution in [0.5, 0.6) is 0 Å².